The molecule has 0 unspecified atom stereocenters. The van der Waals surface area contributed by atoms with E-state index in [1.807, 2.05) is 24.3 Å². The van der Waals surface area contributed by atoms with Gasteiger partial charge in [-0.25, -0.2) is 0 Å². The van der Waals surface area contributed by atoms with E-state index in [9.17, 15) is 0 Å². The van der Waals surface area contributed by atoms with E-state index in [1.165, 1.54) is 5.56 Å². The number of rotatable bonds is 6. The Morgan fingerprint density at radius 3 is 2.53 bits per heavy atom. The van der Waals surface area contributed by atoms with Crippen LogP contribution in [0.3, 0.4) is 0 Å². The maximum absolute atomic E-state index is 5.28. The summed E-state index contributed by atoms with van der Waals surface area (Å²) in [7, 11) is 0. The zero-order valence-corrected chi connectivity index (χ0v) is 12.1. The van der Waals surface area contributed by atoms with Crippen LogP contribution in [0.15, 0.2) is 55.2 Å². The first-order chi connectivity index (χ1) is 9.01. The highest BCUT2D eigenvalue weighted by molar-refractivity contribution is 5.46. The Labute approximate surface area is 116 Å². The Morgan fingerprint density at radius 2 is 2.05 bits per heavy atom. The van der Waals surface area contributed by atoms with E-state index in [1.54, 1.807) is 6.08 Å². The van der Waals surface area contributed by atoms with Crippen LogP contribution in [0.5, 0.6) is 5.75 Å². The van der Waals surface area contributed by atoms with Gasteiger partial charge in [-0.15, -0.1) is 0 Å². The monoisotopic (exact) mass is 257 g/mol. The smallest absolute Gasteiger partial charge is 0.150 e. The van der Waals surface area contributed by atoms with Crippen LogP contribution >= 0.6 is 0 Å². The lowest BCUT2D eigenvalue weighted by Crippen LogP contribution is -2.20. The van der Waals surface area contributed by atoms with Gasteiger partial charge >= 0.3 is 0 Å². The summed E-state index contributed by atoms with van der Waals surface area (Å²) in [5.74, 6) is 6.01. The molecule has 2 nitrogen and oxygen atoms in total. The van der Waals surface area contributed by atoms with Crippen LogP contribution in [0.25, 0.3) is 0 Å². The van der Waals surface area contributed by atoms with Crippen molar-refractivity contribution in [3.8, 4) is 5.75 Å². The third-order valence-electron chi connectivity index (χ3n) is 3.53. The van der Waals surface area contributed by atoms with Gasteiger partial charge in [0.2, 0.25) is 0 Å². The first kappa shape index (κ1) is 15.3. The molecule has 0 saturated heterocycles. The maximum atomic E-state index is 5.28. The molecule has 102 valence electrons. The van der Waals surface area contributed by atoms with Crippen LogP contribution in [-0.2, 0) is 11.8 Å². The standard InChI is InChI=1S/C17H23NO/c1-6-9-14(8-3)17(4,5)15-10-11-16(19-18)13(7-2)12-15/h6,8-12H,1,3,7,18H2,2,4-5H3/b14-9+. The lowest BCUT2D eigenvalue weighted by molar-refractivity contribution is 0.330. The predicted molar refractivity (Wildman–Crippen MR) is 82.1 cm³/mol. The fourth-order valence-corrected chi connectivity index (χ4v) is 2.18. The van der Waals surface area contributed by atoms with Crippen molar-refractivity contribution in [2.45, 2.75) is 32.6 Å². The zero-order valence-electron chi connectivity index (χ0n) is 12.1. The van der Waals surface area contributed by atoms with Crippen LogP contribution in [0.2, 0.25) is 0 Å². The lowest BCUT2D eigenvalue weighted by atomic mass is 9.76. The van der Waals surface area contributed by atoms with Crippen molar-refractivity contribution in [2.75, 3.05) is 0 Å². The highest BCUT2D eigenvalue weighted by Crippen LogP contribution is 2.34. The van der Waals surface area contributed by atoms with Crippen molar-refractivity contribution in [1.29, 1.82) is 0 Å². The van der Waals surface area contributed by atoms with E-state index < -0.39 is 0 Å². The zero-order chi connectivity index (χ0) is 14.5. The molecule has 0 heterocycles. The Bertz CT molecular complexity index is 498. The summed E-state index contributed by atoms with van der Waals surface area (Å²) >= 11 is 0. The van der Waals surface area contributed by atoms with Crippen molar-refractivity contribution < 1.29 is 4.84 Å². The molecule has 1 aromatic rings. The summed E-state index contributed by atoms with van der Waals surface area (Å²) in [5.41, 5.74) is 3.31. The first-order valence-electron chi connectivity index (χ1n) is 6.47. The third kappa shape index (κ3) is 3.15. The van der Waals surface area contributed by atoms with Gasteiger partial charge in [0.25, 0.3) is 0 Å². The van der Waals surface area contributed by atoms with Crippen molar-refractivity contribution in [3.05, 3.63) is 66.3 Å². The van der Waals surface area contributed by atoms with Crippen LogP contribution in [0, 0.1) is 0 Å². The molecule has 0 fully saturated rings. The number of hydrogen-bond acceptors (Lipinski definition) is 2. The van der Waals surface area contributed by atoms with Crippen LogP contribution < -0.4 is 10.7 Å². The molecule has 0 atom stereocenters. The van der Waals surface area contributed by atoms with Gasteiger partial charge < -0.3 is 4.84 Å². The second-order valence-electron chi connectivity index (χ2n) is 4.98. The van der Waals surface area contributed by atoms with Gasteiger partial charge in [-0.05, 0) is 29.2 Å². The van der Waals surface area contributed by atoms with Crippen molar-refractivity contribution in [3.63, 3.8) is 0 Å². The highest BCUT2D eigenvalue weighted by atomic mass is 16.6. The van der Waals surface area contributed by atoms with Gasteiger partial charge in [0.15, 0.2) is 0 Å². The summed E-state index contributed by atoms with van der Waals surface area (Å²) in [6, 6.07) is 6.11. The average molecular weight is 257 g/mol. The molecule has 0 bridgehead atoms. The second kappa shape index (κ2) is 6.39. The van der Waals surface area contributed by atoms with E-state index >= 15 is 0 Å². The van der Waals surface area contributed by atoms with Crippen LogP contribution in [-0.4, -0.2) is 0 Å². The highest BCUT2D eigenvalue weighted by Gasteiger charge is 2.24. The molecule has 2 N–H and O–H groups in total. The van der Waals surface area contributed by atoms with E-state index in [-0.39, 0.29) is 5.41 Å². The maximum Gasteiger partial charge on any atom is 0.150 e. The summed E-state index contributed by atoms with van der Waals surface area (Å²) in [6.07, 6.45) is 6.54. The number of benzene rings is 1. The molecule has 2 heteroatoms. The van der Waals surface area contributed by atoms with Gasteiger partial charge in [0.1, 0.15) is 5.75 Å². The summed E-state index contributed by atoms with van der Waals surface area (Å²) in [6.45, 7) is 14.1. The fourth-order valence-electron chi connectivity index (χ4n) is 2.18. The fraction of sp³-hybridized carbons (Fsp3) is 0.294. The second-order valence-corrected chi connectivity index (χ2v) is 4.98. The minimum absolute atomic E-state index is 0.132. The van der Waals surface area contributed by atoms with Gasteiger partial charge in [0.05, 0.1) is 0 Å². The normalized spacial score (nSPS) is 12.1. The molecule has 0 aliphatic heterocycles. The predicted octanol–water partition coefficient (Wildman–Crippen LogP) is 4.08. The summed E-state index contributed by atoms with van der Waals surface area (Å²) in [4.78, 5) is 4.89. The van der Waals surface area contributed by atoms with Crippen LogP contribution in [0.1, 0.15) is 31.9 Å². The number of allylic oxidation sites excluding steroid dienone is 4. The minimum atomic E-state index is -0.132. The van der Waals surface area contributed by atoms with Gasteiger partial charge in [-0.2, -0.15) is 5.90 Å². The molecule has 1 aromatic carbocycles. The van der Waals surface area contributed by atoms with Crippen molar-refractivity contribution >= 4 is 0 Å². The Morgan fingerprint density at radius 1 is 1.37 bits per heavy atom. The topological polar surface area (TPSA) is 35.2 Å². The molecule has 0 aliphatic carbocycles. The largest absolute Gasteiger partial charge is 0.411 e. The molecule has 1 rings (SSSR count). The van der Waals surface area contributed by atoms with E-state index in [0.29, 0.717) is 0 Å². The van der Waals surface area contributed by atoms with E-state index in [4.69, 9.17) is 10.7 Å². The molecular formula is C17H23NO. The molecule has 0 saturated carbocycles. The molecule has 0 amide bonds. The minimum Gasteiger partial charge on any atom is -0.411 e. The van der Waals surface area contributed by atoms with Crippen molar-refractivity contribution in [1.82, 2.24) is 0 Å². The molecular weight excluding hydrogens is 234 g/mol. The van der Waals surface area contributed by atoms with E-state index in [0.717, 1.165) is 23.3 Å². The van der Waals surface area contributed by atoms with Crippen LogP contribution in [0.4, 0.5) is 0 Å². The summed E-state index contributed by atoms with van der Waals surface area (Å²) in [5, 5.41) is 0. The molecule has 0 radical (unpaired) electrons. The van der Waals surface area contributed by atoms with Gasteiger partial charge in [-0.3, -0.25) is 0 Å². The molecule has 0 aliphatic rings. The van der Waals surface area contributed by atoms with Crippen molar-refractivity contribution in [2.24, 2.45) is 5.90 Å². The quantitative estimate of drug-likeness (QED) is 0.615. The molecule has 0 aromatic heterocycles. The van der Waals surface area contributed by atoms with E-state index in [2.05, 4.69) is 40.0 Å². The Balaban J connectivity index is 3.32. The Kier molecular flexibility index (Phi) is 5.13. The lowest BCUT2D eigenvalue weighted by Gasteiger charge is -2.28. The molecule has 0 spiro atoms. The Hall–Kier alpha value is -1.80. The van der Waals surface area contributed by atoms with Gasteiger partial charge in [-0.1, -0.05) is 64.3 Å². The van der Waals surface area contributed by atoms with Gasteiger partial charge in [0, 0.05) is 5.41 Å². The number of hydrogen-bond donors (Lipinski definition) is 1. The first-order valence-corrected chi connectivity index (χ1v) is 6.47. The number of aryl methyl sites for hydroxylation is 1. The third-order valence-corrected chi connectivity index (χ3v) is 3.53. The average Bonchev–Trinajstić information content (AvgIpc) is 2.43. The molecule has 19 heavy (non-hydrogen) atoms. The summed E-state index contributed by atoms with van der Waals surface area (Å²) < 4.78 is 0. The SMILES string of the molecule is C=C/C=C(\C=C)C(C)(C)c1ccc(ON)c(CC)c1. The number of nitrogens with two attached hydrogens (primary N) is 1.